The van der Waals surface area contributed by atoms with Gasteiger partial charge in [0.05, 0.1) is 75.6 Å². The number of anilines is 3. The van der Waals surface area contributed by atoms with Crippen LogP contribution in [0.2, 0.25) is 0 Å². The highest BCUT2D eigenvalue weighted by atomic mass is 32.2. The second-order valence-corrected chi connectivity index (χ2v) is 22.1. The number of sulfonamides is 1. The van der Waals surface area contributed by atoms with Gasteiger partial charge in [0, 0.05) is 23.4 Å². The number of aromatic nitrogens is 3. The van der Waals surface area contributed by atoms with Crippen molar-refractivity contribution in [3.8, 4) is 29.9 Å². The molecule has 0 saturated heterocycles. The van der Waals surface area contributed by atoms with Gasteiger partial charge in [-0.1, -0.05) is 12.8 Å². The van der Waals surface area contributed by atoms with Crippen LogP contribution in [0.3, 0.4) is 0 Å². The van der Waals surface area contributed by atoms with Crippen LogP contribution in [0, 0.1) is 18.2 Å². The molecule has 3 aliphatic rings. The molecule has 68 heavy (non-hydrogen) atoms. The van der Waals surface area contributed by atoms with Crippen molar-refractivity contribution in [1.82, 2.24) is 25.0 Å². The van der Waals surface area contributed by atoms with Crippen LogP contribution in [0.1, 0.15) is 32.6 Å². The number of terminal acetylenes is 1. The van der Waals surface area contributed by atoms with Crippen molar-refractivity contribution in [2.45, 2.75) is 42.5 Å². The van der Waals surface area contributed by atoms with Gasteiger partial charge in [0.2, 0.25) is 17.7 Å². The number of carboxylic acid groups (broad SMARTS) is 1. The molecule has 1 aromatic carbocycles. The first-order chi connectivity index (χ1) is 31.8. The molecule has 0 fully saturated rings. The zero-order chi connectivity index (χ0) is 51.1. The summed E-state index contributed by atoms with van der Waals surface area (Å²) in [6, 6.07) is 4.84. The number of aliphatic carboxylic acids is 1. The van der Waals surface area contributed by atoms with Crippen molar-refractivity contribution >= 4 is 85.4 Å². The highest BCUT2D eigenvalue weighted by Gasteiger charge is 2.42. The van der Waals surface area contributed by atoms with Crippen molar-refractivity contribution in [3.05, 3.63) is 53.5 Å². The number of rotatable bonds is 13. The number of carboxylic acids is 1. The molecule has 2 aliphatic heterocycles. The van der Waals surface area contributed by atoms with Crippen LogP contribution in [0.4, 0.5) is 26.5 Å². The molecule has 0 bridgehead atoms. The van der Waals surface area contributed by atoms with Crippen molar-refractivity contribution in [1.29, 1.82) is 0 Å². The van der Waals surface area contributed by atoms with Crippen molar-refractivity contribution in [2.75, 3.05) is 79.8 Å². The van der Waals surface area contributed by atoms with E-state index in [2.05, 4.69) is 45.0 Å². The summed E-state index contributed by atoms with van der Waals surface area (Å²) in [5.41, 5.74) is 0.992. The average Bonchev–Trinajstić information content (AvgIpc) is 3.52. The first-order valence-corrected chi connectivity index (χ1v) is 26.9. The number of nitrogens with zero attached hydrogens (tertiary/aromatic N) is 5. The third kappa shape index (κ3) is 15.7. The molecular weight excluding hydrogens is 983 g/mol. The lowest BCUT2D eigenvalue weighted by atomic mass is 9.93. The van der Waals surface area contributed by atoms with Crippen LogP contribution in [-0.2, 0) is 54.5 Å². The molecule has 4 heterocycles. The average molecular weight is 1030 g/mol. The molecule has 24 nitrogen and oxygen atoms in total. The molecule has 0 spiro atoms. The smallest absolute Gasteiger partial charge is 0.335 e. The highest BCUT2D eigenvalue weighted by molar-refractivity contribution is 7.94. The van der Waals surface area contributed by atoms with Crippen molar-refractivity contribution < 1.29 is 78.9 Å². The van der Waals surface area contributed by atoms with E-state index >= 15 is 0 Å². The summed E-state index contributed by atoms with van der Waals surface area (Å²) in [7, 11) is -9.56. The minimum atomic E-state index is -4.61. The number of amides is 5. The lowest BCUT2D eigenvalue weighted by Crippen LogP contribution is -2.39. The lowest BCUT2D eigenvalue weighted by molar-refractivity contribution is -0.193. The maximum absolute atomic E-state index is 14.7. The van der Waals surface area contributed by atoms with E-state index in [0.717, 1.165) is 36.1 Å². The number of nitrogens with one attached hydrogen (secondary N) is 3. The Bertz CT molecular complexity index is 2700. The Morgan fingerprint density at radius 1 is 1.01 bits per heavy atom. The standard InChI is InChI=1S/C19H15FN2O4.C14H17N5O7S2.C3H8NO5P.C3H9S/c1-2-7-21-15-9-14(13(20)8-16(15)26-10-17(21)23)22-18(24)11-5-3-4-6-12(11)19(22)25;1-4-27(21,22)9-6-5-7-15-12(9)28(23,24)19-14(20)18-13-16-10(25-2)8-11(17-13)26-3;5-3(6)1-4-2-10(7,8)9;1-4(2)3/h1,8-9H,3-7,10H2;5-8H,4H2,1-3H3,(H2,16,17,18,19,20);4H,1-2H2,(H,5,6)(H2,7,8,9);1-3H3/q;;;+1/p-1. The Labute approximate surface area is 393 Å². The van der Waals surface area contributed by atoms with Gasteiger partial charge in [0.1, 0.15) is 18.2 Å². The zero-order valence-electron chi connectivity index (χ0n) is 37.3. The predicted molar refractivity (Wildman–Crippen MR) is 243 cm³/mol. The summed E-state index contributed by atoms with van der Waals surface area (Å²) < 4.78 is 90.5. The first-order valence-electron chi connectivity index (χ1n) is 19.5. The number of fused-ring (bicyclic) bond motifs is 1. The van der Waals surface area contributed by atoms with E-state index in [4.69, 9.17) is 30.6 Å². The van der Waals surface area contributed by atoms with Crippen LogP contribution in [0.25, 0.3) is 0 Å². The topological polar surface area (TPSA) is 343 Å². The Hall–Kier alpha value is -6.21. The molecule has 2 aromatic heterocycles. The van der Waals surface area contributed by atoms with Crippen LogP contribution in [-0.4, -0.2) is 136 Å². The summed E-state index contributed by atoms with van der Waals surface area (Å²) in [6.45, 7) is 0.612. The van der Waals surface area contributed by atoms with Gasteiger partial charge in [-0.2, -0.15) is 18.4 Å². The zero-order valence-corrected chi connectivity index (χ0v) is 40.6. The predicted octanol–water partition coefficient (Wildman–Crippen LogP) is 0.779. The molecule has 1 aliphatic carbocycles. The summed E-state index contributed by atoms with van der Waals surface area (Å²) in [5.74, 6) is -1.29. The number of hydrogen-bond acceptors (Lipinski definition) is 18. The number of benzene rings is 1. The number of carbonyl (C=O) groups excluding carboxylic acids is 4. The van der Waals surface area contributed by atoms with E-state index in [1.54, 1.807) is 4.72 Å². The Morgan fingerprint density at radius 3 is 2.09 bits per heavy atom. The van der Waals surface area contributed by atoms with Crippen LogP contribution in [0.15, 0.2) is 57.6 Å². The number of carbonyl (C=O) groups is 5. The molecule has 3 aromatic rings. The van der Waals surface area contributed by atoms with Crippen LogP contribution in [0.5, 0.6) is 17.5 Å². The van der Waals surface area contributed by atoms with Gasteiger partial charge in [-0.15, -0.1) is 6.42 Å². The summed E-state index contributed by atoms with van der Waals surface area (Å²) in [5, 5.41) is 11.3. The monoisotopic (exact) mass is 1030 g/mol. The van der Waals surface area contributed by atoms with Gasteiger partial charge in [-0.25, -0.2) is 32.2 Å². The summed E-state index contributed by atoms with van der Waals surface area (Å²) >= 11 is 0. The molecule has 370 valence electrons. The van der Waals surface area contributed by atoms with Gasteiger partial charge in [-0.3, -0.25) is 34.7 Å². The number of pyridine rings is 1. The van der Waals surface area contributed by atoms with E-state index in [-0.39, 0.29) is 59.6 Å². The third-order valence-electron chi connectivity index (χ3n) is 8.70. The molecule has 0 saturated carbocycles. The second-order valence-electron chi connectivity index (χ2n) is 14.2. The fourth-order valence-corrected chi connectivity index (χ4v) is 8.79. The Kier molecular flexibility index (Phi) is 20.4. The fourth-order valence-electron chi connectivity index (χ4n) is 5.85. The van der Waals surface area contributed by atoms with Crippen molar-refractivity contribution in [3.63, 3.8) is 0 Å². The Morgan fingerprint density at radius 2 is 1.59 bits per heavy atom. The van der Waals surface area contributed by atoms with E-state index < -0.39 is 79.8 Å². The van der Waals surface area contributed by atoms with Crippen LogP contribution >= 0.6 is 7.60 Å². The second kappa shape index (κ2) is 24.7. The highest BCUT2D eigenvalue weighted by Crippen LogP contribution is 2.42. The minimum absolute atomic E-state index is 0.0170. The van der Waals surface area contributed by atoms with Crippen LogP contribution < -0.4 is 44.3 Å². The van der Waals surface area contributed by atoms with Gasteiger partial charge in [0.25, 0.3) is 27.7 Å². The number of ether oxygens (including phenoxy) is 3. The van der Waals surface area contributed by atoms with Gasteiger partial charge in [0.15, 0.2) is 27.3 Å². The third-order valence-corrected chi connectivity index (χ3v) is 12.5. The molecule has 5 N–H and O–H groups in total. The summed E-state index contributed by atoms with van der Waals surface area (Å²) in [4.78, 5) is 90.1. The SMILES string of the molecule is C#CCN1C(=O)COc2cc(F)c(N3C(=O)C4=C(CCCC4)C3=O)cc21.CCS(=O)(=O)c1cccnc1S(=O)(=O)NC(=O)Nc1nc(OC)cc(OC)n1.C[S+](C)C.O=C(O)CNCP(=O)([O-])O. The number of halogens is 1. The molecule has 5 amide bonds. The van der Waals surface area contributed by atoms with Crippen molar-refractivity contribution in [2.24, 2.45) is 0 Å². The number of imide groups is 1. The Balaban J connectivity index is 0.000000283. The van der Waals surface area contributed by atoms with E-state index in [0.29, 0.717) is 34.9 Å². The minimum Gasteiger partial charge on any atom is -0.778 e. The van der Waals surface area contributed by atoms with Gasteiger partial charge in [-0.05, 0) is 54.8 Å². The fraction of sp³-hybridized carbons (Fsp3) is 0.385. The molecule has 1 atom stereocenters. The first kappa shape index (κ1) is 56.1. The molecule has 1 unspecified atom stereocenters. The normalized spacial score (nSPS) is 15.0. The maximum Gasteiger partial charge on any atom is 0.335 e. The quantitative estimate of drug-likeness (QED) is 0.0683. The van der Waals surface area contributed by atoms with E-state index in [1.165, 1.54) is 44.2 Å². The number of sulfone groups is 1. The van der Waals surface area contributed by atoms with E-state index in [1.807, 2.05) is 5.32 Å². The molecular formula is C39H48FN8O16PS3. The molecule has 29 heteroatoms. The maximum atomic E-state index is 14.7. The number of methoxy groups -OCH3 is 2. The van der Waals surface area contributed by atoms with Gasteiger partial charge >= 0.3 is 12.0 Å². The van der Waals surface area contributed by atoms with E-state index in [9.17, 15) is 54.7 Å². The number of hydrogen-bond donors (Lipinski definition) is 5. The van der Waals surface area contributed by atoms with Gasteiger partial charge < -0.3 is 33.7 Å². The lowest BCUT2D eigenvalue weighted by Gasteiger charge is -2.29. The largest absolute Gasteiger partial charge is 0.778 e. The summed E-state index contributed by atoms with van der Waals surface area (Å²) in [6.07, 6.45) is 15.0. The molecule has 6 rings (SSSR count). The molecule has 0 radical (unpaired) electrons. The number of urea groups is 1.